The normalized spacial score (nSPS) is 13.8. The number of nitrogens with one attached hydrogen (secondary N) is 1. The molecule has 1 aromatic carbocycles. The molecule has 0 saturated carbocycles. The third-order valence-electron chi connectivity index (χ3n) is 3.25. The average molecular weight is 279 g/mol. The molecule has 0 fully saturated rings. The summed E-state index contributed by atoms with van der Waals surface area (Å²) >= 11 is 0. The van der Waals surface area contributed by atoms with Crippen molar-refractivity contribution < 1.29 is 14.6 Å². The van der Waals surface area contributed by atoms with Gasteiger partial charge in [-0.05, 0) is 37.6 Å². The molecule has 2 N–H and O–H groups in total. The molecule has 4 nitrogen and oxygen atoms in total. The highest BCUT2D eigenvalue weighted by atomic mass is 16.5. The van der Waals surface area contributed by atoms with Gasteiger partial charge in [-0.15, -0.1) is 0 Å². The van der Waals surface area contributed by atoms with Gasteiger partial charge >= 0.3 is 0 Å². The Kier molecular flexibility index (Phi) is 7.26. The molecule has 4 heteroatoms. The summed E-state index contributed by atoms with van der Waals surface area (Å²) in [5.41, 5.74) is 0.693. The number of ketones is 1. The van der Waals surface area contributed by atoms with Gasteiger partial charge in [0.15, 0.2) is 5.78 Å². The number of Topliss-reactive ketones (excluding diaryl/α,β-unsaturated/α-hetero) is 1. The molecule has 0 spiro atoms. The van der Waals surface area contributed by atoms with Crippen LogP contribution < -0.4 is 10.1 Å². The van der Waals surface area contributed by atoms with Crippen LogP contribution in [-0.4, -0.2) is 36.2 Å². The quantitative estimate of drug-likeness (QED) is 0.682. The minimum Gasteiger partial charge on any atom is -0.491 e. The monoisotopic (exact) mass is 279 g/mol. The van der Waals surface area contributed by atoms with E-state index in [1.165, 1.54) is 0 Å². The van der Waals surface area contributed by atoms with Gasteiger partial charge < -0.3 is 15.2 Å². The van der Waals surface area contributed by atoms with Crippen molar-refractivity contribution in [2.24, 2.45) is 0 Å². The standard InChI is InChI=1S/C16H25NO3/c1-4-12(3)17-10-14(18)11-20-15-8-6-13(7-9-15)16(19)5-2/h6-9,12,14,17-18H,4-5,10-11H2,1-3H3/t12-,14-/m1/s1. The molecule has 1 rings (SSSR count). The van der Waals surface area contributed by atoms with Crippen LogP contribution in [-0.2, 0) is 0 Å². The van der Waals surface area contributed by atoms with Gasteiger partial charge in [-0.3, -0.25) is 4.79 Å². The Morgan fingerprint density at radius 1 is 1.30 bits per heavy atom. The molecule has 0 aliphatic carbocycles. The van der Waals surface area contributed by atoms with E-state index < -0.39 is 6.10 Å². The van der Waals surface area contributed by atoms with Crippen molar-refractivity contribution in [2.75, 3.05) is 13.2 Å². The minimum absolute atomic E-state index is 0.120. The fourth-order valence-electron chi connectivity index (χ4n) is 1.67. The molecule has 0 aliphatic rings. The fraction of sp³-hybridized carbons (Fsp3) is 0.562. The molecule has 0 bridgehead atoms. The van der Waals surface area contributed by atoms with Crippen LogP contribution in [0, 0.1) is 0 Å². The van der Waals surface area contributed by atoms with Gasteiger partial charge in [0, 0.05) is 24.6 Å². The first-order valence-corrected chi connectivity index (χ1v) is 7.24. The first-order chi connectivity index (χ1) is 9.56. The average Bonchev–Trinajstić information content (AvgIpc) is 2.50. The molecular formula is C16H25NO3. The van der Waals surface area contributed by atoms with Crippen molar-refractivity contribution in [3.63, 3.8) is 0 Å². The molecule has 20 heavy (non-hydrogen) atoms. The topological polar surface area (TPSA) is 58.6 Å². The third-order valence-corrected chi connectivity index (χ3v) is 3.25. The predicted octanol–water partition coefficient (Wildman–Crippen LogP) is 2.41. The van der Waals surface area contributed by atoms with Crippen LogP contribution in [0.5, 0.6) is 5.75 Å². The van der Waals surface area contributed by atoms with Crippen molar-refractivity contribution >= 4 is 5.78 Å². The maximum absolute atomic E-state index is 11.5. The van der Waals surface area contributed by atoms with Gasteiger partial charge in [0.2, 0.25) is 0 Å². The van der Waals surface area contributed by atoms with Gasteiger partial charge in [0.05, 0.1) is 0 Å². The highest BCUT2D eigenvalue weighted by Crippen LogP contribution is 2.13. The summed E-state index contributed by atoms with van der Waals surface area (Å²) in [4.78, 5) is 11.5. The van der Waals surface area contributed by atoms with E-state index in [4.69, 9.17) is 4.74 Å². The number of carbonyl (C=O) groups is 1. The summed E-state index contributed by atoms with van der Waals surface area (Å²) < 4.78 is 5.50. The van der Waals surface area contributed by atoms with E-state index in [1.54, 1.807) is 24.3 Å². The molecule has 0 aliphatic heterocycles. The second-order valence-corrected chi connectivity index (χ2v) is 4.98. The highest BCUT2D eigenvalue weighted by molar-refractivity contribution is 5.95. The number of hydrogen-bond acceptors (Lipinski definition) is 4. The van der Waals surface area contributed by atoms with Crippen molar-refractivity contribution in [3.8, 4) is 5.75 Å². The summed E-state index contributed by atoms with van der Waals surface area (Å²) in [6.07, 6.45) is 0.988. The van der Waals surface area contributed by atoms with Crippen LogP contribution in [0.25, 0.3) is 0 Å². The summed E-state index contributed by atoms with van der Waals surface area (Å²) in [5.74, 6) is 0.787. The summed E-state index contributed by atoms with van der Waals surface area (Å²) in [6, 6.07) is 7.43. The second-order valence-electron chi connectivity index (χ2n) is 4.98. The molecule has 112 valence electrons. The van der Waals surface area contributed by atoms with E-state index in [1.807, 2.05) is 6.92 Å². The van der Waals surface area contributed by atoms with Crippen molar-refractivity contribution in [2.45, 2.75) is 45.8 Å². The van der Waals surface area contributed by atoms with E-state index in [-0.39, 0.29) is 12.4 Å². The van der Waals surface area contributed by atoms with Crippen molar-refractivity contribution in [3.05, 3.63) is 29.8 Å². The van der Waals surface area contributed by atoms with Gasteiger partial charge in [-0.25, -0.2) is 0 Å². The van der Waals surface area contributed by atoms with E-state index in [2.05, 4.69) is 19.2 Å². The van der Waals surface area contributed by atoms with E-state index in [0.29, 0.717) is 30.3 Å². The summed E-state index contributed by atoms with van der Waals surface area (Å²) in [7, 11) is 0. The Hall–Kier alpha value is -1.39. The van der Waals surface area contributed by atoms with Gasteiger partial charge in [-0.2, -0.15) is 0 Å². The number of hydrogen-bond donors (Lipinski definition) is 2. The first-order valence-electron chi connectivity index (χ1n) is 7.24. The molecule has 0 heterocycles. The maximum atomic E-state index is 11.5. The van der Waals surface area contributed by atoms with E-state index in [9.17, 15) is 9.90 Å². The Bertz CT molecular complexity index is 403. The molecule has 1 aromatic rings. The zero-order chi connectivity index (χ0) is 15.0. The lowest BCUT2D eigenvalue weighted by molar-refractivity contribution is 0.0986. The number of rotatable bonds is 9. The molecule has 0 radical (unpaired) electrons. The van der Waals surface area contributed by atoms with E-state index >= 15 is 0 Å². The molecule has 0 unspecified atom stereocenters. The van der Waals surface area contributed by atoms with Gasteiger partial charge in [0.1, 0.15) is 18.5 Å². The summed E-state index contributed by atoms with van der Waals surface area (Å²) in [5, 5.41) is 13.0. The van der Waals surface area contributed by atoms with Crippen LogP contribution >= 0.6 is 0 Å². The number of aliphatic hydroxyl groups is 1. The van der Waals surface area contributed by atoms with Crippen LogP contribution in [0.1, 0.15) is 44.0 Å². The van der Waals surface area contributed by atoms with Crippen molar-refractivity contribution in [1.82, 2.24) is 5.32 Å². The molecule has 0 amide bonds. The van der Waals surface area contributed by atoms with Crippen LogP contribution in [0.3, 0.4) is 0 Å². The van der Waals surface area contributed by atoms with Gasteiger partial charge in [0.25, 0.3) is 0 Å². The Labute approximate surface area is 121 Å². The first kappa shape index (κ1) is 16.7. The number of aliphatic hydroxyl groups excluding tert-OH is 1. The fourth-order valence-corrected chi connectivity index (χ4v) is 1.67. The van der Waals surface area contributed by atoms with Crippen LogP contribution in [0.4, 0.5) is 0 Å². The molecule has 2 atom stereocenters. The predicted molar refractivity (Wildman–Crippen MR) is 80.3 cm³/mol. The van der Waals surface area contributed by atoms with Gasteiger partial charge in [-0.1, -0.05) is 13.8 Å². The molecule has 0 saturated heterocycles. The zero-order valence-electron chi connectivity index (χ0n) is 12.6. The van der Waals surface area contributed by atoms with E-state index in [0.717, 1.165) is 6.42 Å². The smallest absolute Gasteiger partial charge is 0.162 e. The lowest BCUT2D eigenvalue weighted by atomic mass is 10.1. The van der Waals surface area contributed by atoms with Crippen LogP contribution in [0.15, 0.2) is 24.3 Å². The lowest BCUT2D eigenvalue weighted by Crippen LogP contribution is -2.36. The minimum atomic E-state index is -0.541. The molecular weight excluding hydrogens is 254 g/mol. The maximum Gasteiger partial charge on any atom is 0.162 e. The highest BCUT2D eigenvalue weighted by Gasteiger charge is 2.08. The number of ether oxygens (including phenoxy) is 1. The second kappa shape index (κ2) is 8.72. The number of benzene rings is 1. The summed E-state index contributed by atoms with van der Waals surface area (Å²) in [6.45, 7) is 6.77. The largest absolute Gasteiger partial charge is 0.491 e. The SMILES string of the molecule is CCC(=O)c1ccc(OC[C@H](O)CN[C@H](C)CC)cc1. The Morgan fingerprint density at radius 3 is 2.50 bits per heavy atom. The Balaban J connectivity index is 2.36. The van der Waals surface area contributed by atoms with Crippen molar-refractivity contribution in [1.29, 1.82) is 0 Å². The Morgan fingerprint density at radius 2 is 1.95 bits per heavy atom. The lowest BCUT2D eigenvalue weighted by Gasteiger charge is -2.16. The molecule has 0 aromatic heterocycles. The van der Waals surface area contributed by atoms with Crippen LogP contribution in [0.2, 0.25) is 0 Å². The zero-order valence-corrected chi connectivity index (χ0v) is 12.6. The number of carbonyl (C=O) groups excluding carboxylic acids is 1. The third kappa shape index (κ3) is 5.72.